The molecule has 0 aromatic heterocycles. The smallest absolute Gasteiger partial charge is 0.311 e. The van der Waals surface area contributed by atoms with Crippen LogP contribution in [0.25, 0.3) is 0 Å². The van der Waals surface area contributed by atoms with Crippen molar-refractivity contribution in [2.75, 3.05) is 13.1 Å². The van der Waals surface area contributed by atoms with Crippen molar-refractivity contribution in [3.63, 3.8) is 0 Å². The zero-order valence-corrected chi connectivity index (χ0v) is 12.1. The number of hydrogen-bond donors (Lipinski definition) is 1. The van der Waals surface area contributed by atoms with E-state index in [0.29, 0.717) is 13.0 Å². The van der Waals surface area contributed by atoms with Gasteiger partial charge in [-0.15, -0.1) is 0 Å². The van der Waals surface area contributed by atoms with Gasteiger partial charge in [-0.25, -0.2) is 4.39 Å². The molecule has 3 rings (SSSR count). The number of carbonyl (C=O) groups is 2. The molecule has 2 atom stereocenters. The van der Waals surface area contributed by atoms with E-state index < -0.39 is 23.1 Å². The second kappa shape index (κ2) is 4.98. The Balaban J connectivity index is 1.88. The van der Waals surface area contributed by atoms with E-state index in [1.807, 2.05) is 0 Å². The van der Waals surface area contributed by atoms with Gasteiger partial charge in [0.05, 0.1) is 16.0 Å². The molecule has 1 amide bonds. The molecule has 1 saturated carbocycles. The molecule has 0 radical (unpaired) electrons. The highest BCUT2D eigenvalue weighted by Crippen LogP contribution is 2.49. The Bertz CT molecular complexity index is 621. The predicted molar refractivity (Wildman–Crippen MR) is 74.7 cm³/mol. The maximum atomic E-state index is 13.5. The van der Waals surface area contributed by atoms with Gasteiger partial charge in [-0.3, -0.25) is 9.59 Å². The molecule has 0 bridgehead atoms. The van der Waals surface area contributed by atoms with Gasteiger partial charge in [-0.05, 0) is 30.9 Å². The van der Waals surface area contributed by atoms with Gasteiger partial charge >= 0.3 is 5.97 Å². The van der Waals surface area contributed by atoms with Gasteiger partial charge in [0.25, 0.3) is 5.91 Å². The molecular formula is C15H15ClFNO3. The standard InChI is InChI=1S/C15H15ClFNO3/c16-12-10(4-1-5-11(12)17)13(19)18-7-9-3-2-6-15(9,8-18)14(20)21/h1,4-5,9H,2-3,6-8H2,(H,20,21)/t9-,15+/m0/s1. The van der Waals surface area contributed by atoms with Gasteiger partial charge < -0.3 is 10.0 Å². The molecule has 1 aliphatic heterocycles. The normalized spacial score (nSPS) is 27.7. The van der Waals surface area contributed by atoms with Gasteiger partial charge in [0.15, 0.2) is 0 Å². The molecule has 1 aliphatic carbocycles. The lowest BCUT2D eigenvalue weighted by Gasteiger charge is -2.23. The van der Waals surface area contributed by atoms with E-state index in [1.165, 1.54) is 23.1 Å². The fourth-order valence-electron chi connectivity index (χ4n) is 3.63. The quantitative estimate of drug-likeness (QED) is 0.913. The number of carboxylic acids is 1. The number of likely N-dealkylation sites (tertiary alicyclic amines) is 1. The van der Waals surface area contributed by atoms with Crippen LogP contribution in [0.3, 0.4) is 0 Å². The first-order valence-corrected chi connectivity index (χ1v) is 7.30. The van der Waals surface area contributed by atoms with Crippen molar-refractivity contribution in [1.29, 1.82) is 0 Å². The van der Waals surface area contributed by atoms with Crippen LogP contribution in [0.1, 0.15) is 29.6 Å². The van der Waals surface area contributed by atoms with Gasteiger partial charge in [0.2, 0.25) is 0 Å². The first kappa shape index (κ1) is 14.3. The van der Waals surface area contributed by atoms with Gasteiger partial charge in [0, 0.05) is 13.1 Å². The Hall–Kier alpha value is -1.62. The minimum absolute atomic E-state index is 0.0220. The number of amides is 1. The Kier molecular flexibility index (Phi) is 3.40. The van der Waals surface area contributed by atoms with Crippen molar-refractivity contribution in [2.24, 2.45) is 11.3 Å². The number of carboxylic acid groups (broad SMARTS) is 1. The average Bonchev–Trinajstić information content (AvgIpc) is 2.98. The Morgan fingerprint density at radius 2 is 2.19 bits per heavy atom. The summed E-state index contributed by atoms with van der Waals surface area (Å²) in [5.41, 5.74) is -0.743. The molecule has 21 heavy (non-hydrogen) atoms. The van der Waals surface area contributed by atoms with Crippen molar-refractivity contribution >= 4 is 23.5 Å². The number of halogens is 2. The van der Waals surface area contributed by atoms with E-state index in [2.05, 4.69) is 0 Å². The second-order valence-corrected chi connectivity index (χ2v) is 6.22. The summed E-state index contributed by atoms with van der Waals surface area (Å²) < 4.78 is 13.5. The monoisotopic (exact) mass is 311 g/mol. The van der Waals surface area contributed by atoms with E-state index in [1.54, 1.807) is 0 Å². The van der Waals surface area contributed by atoms with Crippen LogP contribution >= 0.6 is 11.6 Å². The number of aliphatic carboxylic acids is 1. The van der Waals surface area contributed by atoms with E-state index in [0.717, 1.165) is 12.8 Å². The number of rotatable bonds is 2. The summed E-state index contributed by atoms with van der Waals surface area (Å²) in [6.45, 7) is 0.580. The molecule has 1 heterocycles. The summed E-state index contributed by atoms with van der Waals surface area (Å²) >= 11 is 5.85. The number of carbonyl (C=O) groups excluding carboxylic acids is 1. The van der Waals surface area contributed by atoms with E-state index in [-0.39, 0.29) is 23.0 Å². The maximum Gasteiger partial charge on any atom is 0.311 e. The minimum Gasteiger partial charge on any atom is -0.481 e. The summed E-state index contributed by atoms with van der Waals surface area (Å²) in [5.74, 6) is -1.90. The summed E-state index contributed by atoms with van der Waals surface area (Å²) in [6, 6.07) is 4.09. The van der Waals surface area contributed by atoms with Crippen molar-refractivity contribution < 1.29 is 19.1 Å². The lowest BCUT2D eigenvalue weighted by molar-refractivity contribution is -0.149. The van der Waals surface area contributed by atoms with Crippen LogP contribution in [0.4, 0.5) is 4.39 Å². The molecule has 1 saturated heterocycles. The lowest BCUT2D eigenvalue weighted by atomic mass is 9.81. The Morgan fingerprint density at radius 3 is 2.86 bits per heavy atom. The SMILES string of the molecule is O=C(c1cccc(F)c1Cl)N1C[C@@H]2CCC[C@@]2(C(=O)O)C1. The van der Waals surface area contributed by atoms with Gasteiger partial charge in [-0.2, -0.15) is 0 Å². The number of nitrogens with zero attached hydrogens (tertiary/aromatic N) is 1. The third-order valence-corrected chi connectivity index (χ3v) is 5.15. The molecule has 2 aliphatic rings. The van der Waals surface area contributed by atoms with Crippen LogP contribution < -0.4 is 0 Å². The summed E-state index contributed by atoms with van der Waals surface area (Å²) in [7, 11) is 0. The Labute approximate surface area is 126 Å². The average molecular weight is 312 g/mol. The minimum atomic E-state index is -0.842. The van der Waals surface area contributed by atoms with Crippen molar-refractivity contribution in [3.05, 3.63) is 34.6 Å². The van der Waals surface area contributed by atoms with Crippen molar-refractivity contribution in [3.8, 4) is 0 Å². The van der Waals surface area contributed by atoms with Crippen LogP contribution in [0.5, 0.6) is 0 Å². The summed E-state index contributed by atoms with van der Waals surface area (Å²) in [4.78, 5) is 25.6. The molecule has 1 aromatic rings. The van der Waals surface area contributed by atoms with Crippen LogP contribution in [-0.2, 0) is 4.79 Å². The van der Waals surface area contributed by atoms with E-state index in [4.69, 9.17) is 11.6 Å². The fourth-order valence-corrected chi connectivity index (χ4v) is 3.84. The second-order valence-electron chi connectivity index (χ2n) is 5.84. The molecule has 1 N–H and O–H groups in total. The van der Waals surface area contributed by atoms with Gasteiger partial charge in [-0.1, -0.05) is 24.1 Å². The van der Waals surface area contributed by atoms with Crippen LogP contribution in [0.15, 0.2) is 18.2 Å². The van der Waals surface area contributed by atoms with Crippen LogP contribution in [0, 0.1) is 17.2 Å². The van der Waals surface area contributed by atoms with Gasteiger partial charge in [0.1, 0.15) is 5.82 Å². The summed E-state index contributed by atoms with van der Waals surface area (Å²) in [6.07, 6.45) is 2.28. The first-order chi connectivity index (χ1) is 9.95. The Morgan fingerprint density at radius 1 is 1.43 bits per heavy atom. The third kappa shape index (κ3) is 2.11. The van der Waals surface area contributed by atoms with E-state index >= 15 is 0 Å². The lowest BCUT2D eigenvalue weighted by Crippen LogP contribution is -2.37. The van der Waals surface area contributed by atoms with Crippen LogP contribution in [0.2, 0.25) is 5.02 Å². The first-order valence-electron chi connectivity index (χ1n) is 6.92. The van der Waals surface area contributed by atoms with Crippen molar-refractivity contribution in [2.45, 2.75) is 19.3 Å². The third-order valence-electron chi connectivity index (χ3n) is 4.77. The predicted octanol–water partition coefficient (Wildman–Crippen LogP) is 2.81. The molecule has 1 aromatic carbocycles. The number of benzene rings is 1. The topological polar surface area (TPSA) is 57.6 Å². The summed E-state index contributed by atoms with van der Waals surface area (Å²) in [5, 5.41) is 9.31. The number of fused-ring (bicyclic) bond motifs is 1. The van der Waals surface area contributed by atoms with Crippen molar-refractivity contribution in [1.82, 2.24) is 4.90 Å². The largest absolute Gasteiger partial charge is 0.481 e. The highest BCUT2D eigenvalue weighted by molar-refractivity contribution is 6.34. The molecule has 0 spiro atoms. The number of hydrogen-bond acceptors (Lipinski definition) is 2. The highest BCUT2D eigenvalue weighted by atomic mass is 35.5. The molecule has 4 nitrogen and oxygen atoms in total. The molecule has 6 heteroatoms. The fraction of sp³-hybridized carbons (Fsp3) is 0.467. The maximum absolute atomic E-state index is 13.5. The molecule has 2 fully saturated rings. The molecular weight excluding hydrogens is 297 g/mol. The zero-order chi connectivity index (χ0) is 15.2. The molecule has 0 unspecified atom stereocenters. The molecule has 112 valence electrons. The van der Waals surface area contributed by atoms with E-state index in [9.17, 15) is 19.1 Å². The zero-order valence-electron chi connectivity index (χ0n) is 11.3. The highest BCUT2D eigenvalue weighted by Gasteiger charge is 2.55. The van der Waals surface area contributed by atoms with Crippen LogP contribution in [-0.4, -0.2) is 35.0 Å².